The number of hydrogen-bond donors (Lipinski definition) is 2. The molecule has 18 heavy (non-hydrogen) atoms. The lowest BCUT2D eigenvalue weighted by atomic mass is 10.2. The second kappa shape index (κ2) is 4.64. The largest absolute Gasteiger partial charge is 0.516 e. The van der Waals surface area contributed by atoms with Crippen molar-refractivity contribution in [3.63, 3.8) is 0 Å². The summed E-state index contributed by atoms with van der Waals surface area (Å²) in [6.07, 6.45) is 0. The molecule has 0 atom stereocenters. The van der Waals surface area contributed by atoms with Crippen molar-refractivity contribution in [2.24, 2.45) is 0 Å². The third-order valence-electron chi connectivity index (χ3n) is 3.48. The molecule has 0 fully saturated rings. The van der Waals surface area contributed by atoms with Crippen LogP contribution in [0.3, 0.4) is 0 Å². The number of carbonyl (C=O) groups excluding carboxylic acids is 1. The maximum atomic E-state index is 12.1. The van der Waals surface area contributed by atoms with Crippen molar-refractivity contribution in [3.8, 4) is 0 Å². The summed E-state index contributed by atoms with van der Waals surface area (Å²) in [4.78, 5) is 12.1. The Bertz CT molecular complexity index is 465. The van der Waals surface area contributed by atoms with Gasteiger partial charge in [0.25, 0.3) is 8.32 Å². The molecule has 0 unspecified atom stereocenters. The van der Waals surface area contributed by atoms with Crippen LogP contribution in [0.25, 0.3) is 0 Å². The monoisotopic (exact) mass is 266 g/mol. The van der Waals surface area contributed by atoms with E-state index in [2.05, 4.69) is 20.8 Å². The molecule has 100 valence electrons. The van der Waals surface area contributed by atoms with E-state index in [9.17, 15) is 4.79 Å². The lowest BCUT2D eigenvalue weighted by molar-refractivity contribution is 0.0712. The summed E-state index contributed by atoms with van der Waals surface area (Å²) in [5.74, 6) is -0.326. The van der Waals surface area contributed by atoms with E-state index in [4.69, 9.17) is 15.9 Å². The summed E-state index contributed by atoms with van der Waals surface area (Å²) in [5, 5.41) is -0.0119. The minimum Gasteiger partial charge on any atom is -0.516 e. The van der Waals surface area contributed by atoms with Gasteiger partial charge in [-0.1, -0.05) is 20.8 Å². The van der Waals surface area contributed by atoms with Gasteiger partial charge in [-0.05, 0) is 36.3 Å². The zero-order valence-corrected chi connectivity index (χ0v) is 12.7. The Balaban J connectivity index is 2.93. The van der Waals surface area contributed by atoms with Crippen molar-refractivity contribution >= 4 is 25.7 Å². The minimum atomic E-state index is -2.10. The van der Waals surface area contributed by atoms with Crippen molar-refractivity contribution in [1.82, 2.24) is 0 Å². The van der Waals surface area contributed by atoms with Crippen LogP contribution >= 0.6 is 0 Å². The van der Waals surface area contributed by atoms with Crippen molar-refractivity contribution in [2.75, 3.05) is 11.5 Å². The Hall–Kier alpha value is -1.49. The molecule has 0 aliphatic rings. The Morgan fingerprint density at radius 3 is 2.17 bits per heavy atom. The molecule has 4 N–H and O–H groups in total. The molecule has 0 radical (unpaired) electrons. The molecule has 0 spiro atoms. The lowest BCUT2D eigenvalue weighted by Gasteiger charge is -2.35. The topological polar surface area (TPSA) is 78.3 Å². The molecule has 0 aliphatic heterocycles. The molecule has 4 nitrogen and oxygen atoms in total. The van der Waals surface area contributed by atoms with E-state index in [1.54, 1.807) is 18.2 Å². The highest BCUT2D eigenvalue weighted by molar-refractivity contribution is 6.75. The maximum absolute atomic E-state index is 12.1. The SMILES string of the molecule is CC(C)(C)[Si](C)(C)OC(=O)c1ccc(N)c(N)c1. The van der Waals surface area contributed by atoms with Crippen molar-refractivity contribution in [2.45, 2.75) is 38.9 Å². The molecule has 0 aromatic heterocycles. The second-order valence-corrected chi connectivity index (χ2v) is 10.7. The van der Waals surface area contributed by atoms with Crippen LogP contribution < -0.4 is 11.5 Å². The molecule has 1 rings (SSSR count). The van der Waals surface area contributed by atoms with Gasteiger partial charge in [0, 0.05) is 0 Å². The number of hydrogen-bond acceptors (Lipinski definition) is 4. The highest BCUT2D eigenvalue weighted by Gasteiger charge is 2.40. The van der Waals surface area contributed by atoms with Crippen LogP contribution in [0.5, 0.6) is 0 Å². The standard InChI is InChI=1S/C13H22N2O2Si/c1-13(2,3)18(4,5)17-12(16)9-6-7-10(14)11(15)8-9/h6-8H,14-15H2,1-5H3. The molecule has 1 aromatic rings. The molecule has 0 heterocycles. The van der Waals surface area contributed by atoms with E-state index in [0.29, 0.717) is 16.9 Å². The summed E-state index contributed by atoms with van der Waals surface area (Å²) in [5.41, 5.74) is 12.6. The van der Waals surface area contributed by atoms with Crippen LogP contribution in [-0.4, -0.2) is 14.3 Å². The first-order valence-corrected chi connectivity index (χ1v) is 8.84. The van der Waals surface area contributed by atoms with Gasteiger partial charge in [-0.15, -0.1) is 0 Å². The normalized spacial score (nSPS) is 12.3. The molecule has 0 aliphatic carbocycles. The molecular weight excluding hydrogens is 244 g/mol. The van der Waals surface area contributed by atoms with Gasteiger partial charge >= 0.3 is 5.97 Å². The molecule has 0 bridgehead atoms. The van der Waals surface area contributed by atoms with Gasteiger partial charge in [0.2, 0.25) is 0 Å². The van der Waals surface area contributed by atoms with E-state index in [1.807, 2.05) is 13.1 Å². The number of anilines is 2. The molecule has 5 heteroatoms. The van der Waals surface area contributed by atoms with Crippen LogP contribution in [-0.2, 0) is 4.43 Å². The fourth-order valence-electron chi connectivity index (χ4n) is 1.15. The van der Waals surface area contributed by atoms with Crippen molar-refractivity contribution in [3.05, 3.63) is 23.8 Å². The molecule has 0 amide bonds. The Morgan fingerprint density at radius 2 is 1.72 bits per heavy atom. The average Bonchev–Trinajstić information content (AvgIpc) is 2.19. The average molecular weight is 266 g/mol. The van der Waals surface area contributed by atoms with Gasteiger partial charge < -0.3 is 15.9 Å². The summed E-state index contributed by atoms with van der Waals surface area (Å²) in [7, 11) is -2.10. The van der Waals surface area contributed by atoms with Gasteiger partial charge in [-0.3, -0.25) is 0 Å². The number of rotatable bonds is 2. The summed E-state index contributed by atoms with van der Waals surface area (Å²) < 4.78 is 5.69. The second-order valence-electron chi connectivity index (χ2n) is 5.99. The minimum absolute atomic E-state index is 0.0119. The maximum Gasteiger partial charge on any atom is 0.324 e. The van der Waals surface area contributed by atoms with Crippen LogP contribution in [0, 0.1) is 0 Å². The first-order valence-electron chi connectivity index (χ1n) is 5.93. The Labute approximate surface area is 109 Å². The van der Waals surface area contributed by atoms with Crippen LogP contribution in [0.4, 0.5) is 11.4 Å². The quantitative estimate of drug-likeness (QED) is 0.637. The van der Waals surface area contributed by atoms with E-state index in [1.165, 1.54) is 0 Å². The summed E-state index contributed by atoms with van der Waals surface area (Å²) >= 11 is 0. The Kier molecular flexibility index (Phi) is 3.76. The third kappa shape index (κ3) is 3.04. The predicted octanol–water partition coefficient (Wildman–Crippen LogP) is 3.01. The Morgan fingerprint density at radius 1 is 1.17 bits per heavy atom. The van der Waals surface area contributed by atoms with Gasteiger partial charge in [0.1, 0.15) is 0 Å². The van der Waals surface area contributed by atoms with Gasteiger partial charge in [0.15, 0.2) is 0 Å². The fourth-order valence-corrected chi connectivity index (χ4v) is 2.03. The molecule has 0 saturated carbocycles. The zero-order valence-electron chi connectivity index (χ0n) is 11.7. The summed E-state index contributed by atoms with van der Waals surface area (Å²) in [6.45, 7) is 10.3. The highest BCUT2D eigenvalue weighted by atomic mass is 28.4. The van der Waals surface area contributed by atoms with Crippen molar-refractivity contribution < 1.29 is 9.22 Å². The number of nitrogen functional groups attached to an aromatic ring is 2. The highest BCUT2D eigenvalue weighted by Crippen LogP contribution is 2.37. The van der Waals surface area contributed by atoms with Gasteiger partial charge in [0.05, 0.1) is 16.9 Å². The van der Waals surface area contributed by atoms with E-state index in [-0.39, 0.29) is 11.0 Å². The van der Waals surface area contributed by atoms with Crippen molar-refractivity contribution in [1.29, 1.82) is 0 Å². The lowest BCUT2D eigenvalue weighted by Crippen LogP contribution is -2.42. The molecule has 1 aromatic carbocycles. The molecule has 0 saturated heterocycles. The fraction of sp³-hybridized carbons (Fsp3) is 0.462. The zero-order chi connectivity index (χ0) is 14.1. The number of carbonyl (C=O) groups is 1. The first-order chi connectivity index (χ1) is 8.04. The number of nitrogens with two attached hydrogens (primary N) is 2. The van der Waals surface area contributed by atoms with Crippen LogP contribution in [0.2, 0.25) is 18.1 Å². The van der Waals surface area contributed by atoms with E-state index >= 15 is 0 Å². The van der Waals surface area contributed by atoms with Crippen LogP contribution in [0.15, 0.2) is 18.2 Å². The van der Waals surface area contributed by atoms with Gasteiger partial charge in [-0.25, -0.2) is 4.79 Å². The van der Waals surface area contributed by atoms with Crippen LogP contribution in [0.1, 0.15) is 31.1 Å². The van der Waals surface area contributed by atoms with E-state index in [0.717, 1.165) is 0 Å². The predicted molar refractivity (Wildman–Crippen MR) is 77.9 cm³/mol. The third-order valence-corrected chi connectivity index (χ3v) is 7.78. The first kappa shape index (κ1) is 14.6. The summed E-state index contributed by atoms with van der Waals surface area (Å²) in [6, 6.07) is 4.82. The smallest absolute Gasteiger partial charge is 0.324 e. The van der Waals surface area contributed by atoms with Gasteiger partial charge in [-0.2, -0.15) is 0 Å². The van der Waals surface area contributed by atoms with E-state index < -0.39 is 8.32 Å². The number of benzene rings is 1. The molecular formula is C13H22N2O2Si.